The number of rotatable bonds is 4. The van der Waals surface area contributed by atoms with Crippen molar-refractivity contribution in [2.75, 3.05) is 6.54 Å². The summed E-state index contributed by atoms with van der Waals surface area (Å²) in [5.41, 5.74) is -0.597. The Labute approximate surface area is 139 Å². The summed E-state index contributed by atoms with van der Waals surface area (Å²) in [6, 6.07) is 7.82. The first-order valence-electron chi connectivity index (χ1n) is 8.07. The summed E-state index contributed by atoms with van der Waals surface area (Å²) in [7, 11) is 0. The summed E-state index contributed by atoms with van der Waals surface area (Å²) in [6.07, 6.45) is -3.21. The molecule has 0 bridgehead atoms. The van der Waals surface area contributed by atoms with Gasteiger partial charge in [0, 0.05) is 6.04 Å². The maximum Gasteiger partial charge on any atom is 0.391 e. The predicted octanol–water partition coefficient (Wildman–Crippen LogP) is 3.31. The van der Waals surface area contributed by atoms with E-state index in [1.165, 1.54) is 0 Å². The Bertz CT molecular complexity index is 547. The van der Waals surface area contributed by atoms with Crippen molar-refractivity contribution in [1.29, 1.82) is 0 Å². The minimum Gasteiger partial charge on any atom is -0.384 e. The van der Waals surface area contributed by atoms with Crippen LogP contribution in [0.2, 0.25) is 0 Å². The molecule has 24 heavy (non-hydrogen) atoms. The van der Waals surface area contributed by atoms with Gasteiger partial charge in [0.05, 0.1) is 12.5 Å². The molecule has 0 heterocycles. The van der Waals surface area contributed by atoms with Gasteiger partial charge in [-0.3, -0.25) is 0 Å². The van der Waals surface area contributed by atoms with Crippen LogP contribution in [0.1, 0.15) is 38.2 Å². The normalized spacial score (nSPS) is 24.0. The van der Waals surface area contributed by atoms with Gasteiger partial charge in [-0.1, -0.05) is 36.8 Å². The van der Waals surface area contributed by atoms with Gasteiger partial charge < -0.3 is 15.7 Å². The molecule has 1 aliphatic rings. The number of carbonyl (C=O) groups is 1. The summed E-state index contributed by atoms with van der Waals surface area (Å²) in [5, 5.41) is 15.5. The molecule has 4 nitrogen and oxygen atoms in total. The second-order valence-corrected chi connectivity index (χ2v) is 6.57. The molecule has 2 rings (SSSR count). The fourth-order valence-corrected chi connectivity index (χ4v) is 3.01. The van der Waals surface area contributed by atoms with Crippen LogP contribution in [0.25, 0.3) is 0 Å². The summed E-state index contributed by atoms with van der Waals surface area (Å²) >= 11 is 0. The van der Waals surface area contributed by atoms with Crippen LogP contribution in [-0.4, -0.2) is 29.9 Å². The van der Waals surface area contributed by atoms with E-state index < -0.39 is 29.8 Å². The van der Waals surface area contributed by atoms with E-state index in [-0.39, 0.29) is 19.4 Å². The topological polar surface area (TPSA) is 61.4 Å². The van der Waals surface area contributed by atoms with Crippen molar-refractivity contribution in [3.63, 3.8) is 0 Å². The molecule has 0 aliphatic heterocycles. The molecule has 1 saturated carbocycles. The van der Waals surface area contributed by atoms with Gasteiger partial charge >= 0.3 is 12.2 Å². The third-order valence-corrected chi connectivity index (χ3v) is 4.46. The maximum absolute atomic E-state index is 12.8. The highest BCUT2D eigenvalue weighted by Crippen LogP contribution is 2.37. The zero-order valence-electron chi connectivity index (χ0n) is 13.6. The summed E-state index contributed by atoms with van der Waals surface area (Å²) in [4.78, 5) is 11.9. The highest BCUT2D eigenvalue weighted by Gasteiger charge is 2.42. The molecule has 1 aromatic carbocycles. The molecule has 7 heteroatoms. The minimum absolute atomic E-state index is 0.0295. The highest BCUT2D eigenvalue weighted by molar-refractivity contribution is 5.74. The number of benzene rings is 1. The van der Waals surface area contributed by atoms with Crippen molar-refractivity contribution in [3.05, 3.63) is 35.9 Å². The number of aliphatic hydroxyl groups is 1. The van der Waals surface area contributed by atoms with E-state index in [1.54, 1.807) is 31.2 Å². The van der Waals surface area contributed by atoms with Gasteiger partial charge in [-0.05, 0) is 31.7 Å². The second-order valence-electron chi connectivity index (χ2n) is 6.57. The Hall–Kier alpha value is -1.76. The first kappa shape index (κ1) is 18.6. The third kappa shape index (κ3) is 5.12. The highest BCUT2D eigenvalue weighted by atomic mass is 19.4. The third-order valence-electron chi connectivity index (χ3n) is 4.46. The Balaban J connectivity index is 1.83. The van der Waals surface area contributed by atoms with E-state index in [9.17, 15) is 23.1 Å². The number of amides is 2. The van der Waals surface area contributed by atoms with Crippen LogP contribution < -0.4 is 10.6 Å². The Morgan fingerprint density at radius 3 is 2.54 bits per heavy atom. The number of urea groups is 1. The molecule has 0 spiro atoms. The van der Waals surface area contributed by atoms with E-state index in [1.807, 2.05) is 6.07 Å². The first-order valence-corrected chi connectivity index (χ1v) is 8.07. The van der Waals surface area contributed by atoms with Crippen LogP contribution >= 0.6 is 0 Å². The van der Waals surface area contributed by atoms with Crippen LogP contribution in [0.3, 0.4) is 0 Å². The average molecular weight is 344 g/mol. The van der Waals surface area contributed by atoms with Gasteiger partial charge in [-0.15, -0.1) is 0 Å². The number of nitrogens with one attached hydrogen (secondary N) is 2. The Morgan fingerprint density at radius 2 is 1.92 bits per heavy atom. The van der Waals surface area contributed by atoms with Gasteiger partial charge in [0.1, 0.15) is 5.60 Å². The standard InChI is InChI=1S/C17H23F3N2O2/c1-16(24,12-6-3-2-4-7-12)11-21-15(23)22-14-9-5-8-13(10-14)17(18,19)20/h2-4,6-7,13-14,24H,5,8-11H2,1H3,(H2,21,22,23)/t13-,14-,16+/m1/s1. The molecule has 0 unspecified atom stereocenters. The first-order chi connectivity index (χ1) is 11.2. The summed E-state index contributed by atoms with van der Waals surface area (Å²) in [6.45, 7) is 1.54. The van der Waals surface area contributed by atoms with E-state index in [0.29, 0.717) is 18.4 Å². The number of hydrogen-bond acceptors (Lipinski definition) is 2. The monoisotopic (exact) mass is 344 g/mol. The van der Waals surface area contributed by atoms with Crippen molar-refractivity contribution in [2.45, 2.75) is 50.4 Å². The lowest BCUT2D eigenvalue weighted by atomic mass is 9.85. The van der Waals surface area contributed by atoms with Crippen molar-refractivity contribution in [2.24, 2.45) is 5.92 Å². The fourth-order valence-electron chi connectivity index (χ4n) is 3.01. The van der Waals surface area contributed by atoms with Gasteiger partial charge in [0.25, 0.3) is 0 Å². The molecule has 1 aliphatic carbocycles. The van der Waals surface area contributed by atoms with Crippen molar-refractivity contribution in [3.8, 4) is 0 Å². The van der Waals surface area contributed by atoms with Crippen LogP contribution in [0.4, 0.5) is 18.0 Å². The minimum atomic E-state index is -4.21. The van der Waals surface area contributed by atoms with Crippen molar-refractivity contribution in [1.82, 2.24) is 10.6 Å². The molecule has 134 valence electrons. The molecular formula is C17H23F3N2O2. The summed E-state index contributed by atoms with van der Waals surface area (Å²) in [5.74, 6) is -1.36. The molecule has 0 saturated heterocycles. The SMILES string of the molecule is C[C@](O)(CNC(=O)N[C@@H]1CCC[C@@H](C(F)(F)F)C1)c1ccccc1. The molecule has 0 aromatic heterocycles. The van der Waals surface area contributed by atoms with Gasteiger partial charge in [0.15, 0.2) is 0 Å². The molecule has 1 fully saturated rings. The fraction of sp³-hybridized carbons (Fsp3) is 0.588. The Kier molecular flexibility index (Phi) is 5.74. The van der Waals surface area contributed by atoms with Crippen molar-refractivity contribution < 1.29 is 23.1 Å². The zero-order chi connectivity index (χ0) is 17.8. The molecule has 3 atom stereocenters. The van der Waals surface area contributed by atoms with Crippen LogP contribution in [-0.2, 0) is 5.60 Å². The van der Waals surface area contributed by atoms with E-state index in [0.717, 1.165) is 0 Å². The smallest absolute Gasteiger partial charge is 0.384 e. The van der Waals surface area contributed by atoms with E-state index in [4.69, 9.17) is 0 Å². The molecule has 3 N–H and O–H groups in total. The van der Waals surface area contributed by atoms with E-state index >= 15 is 0 Å². The van der Waals surface area contributed by atoms with Crippen LogP contribution in [0, 0.1) is 5.92 Å². The lowest BCUT2D eigenvalue weighted by Gasteiger charge is -2.31. The Morgan fingerprint density at radius 1 is 1.25 bits per heavy atom. The predicted molar refractivity (Wildman–Crippen MR) is 84.3 cm³/mol. The second kappa shape index (κ2) is 7.42. The largest absolute Gasteiger partial charge is 0.391 e. The number of hydrogen-bond donors (Lipinski definition) is 3. The molecule has 0 radical (unpaired) electrons. The quantitative estimate of drug-likeness (QED) is 0.785. The average Bonchev–Trinajstić information content (AvgIpc) is 2.53. The number of halogens is 3. The number of alkyl halides is 3. The van der Waals surface area contributed by atoms with Gasteiger partial charge in [-0.25, -0.2) is 4.79 Å². The summed E-state index contributed by atoms with van der Waals surface area (Å²) < 4.78 is 38.3. The van der Waals surface area contributed by atoms with Gasteiger partial charge in [-0.2, -0.15) is 13.2 Å². The van der Waals surface area contributed by atoms with Crippen LogP contribution in [0.5, 0.6) is 0 Å². The molecule has 2 amide bonds. The lowest BCUT2D eigenvalue weighted by molar-refractivity contribution is -0.183. The van der Waals surface area contributed by atoms with Crippen LogP contribution in [0.15, 0.2) is 30.3 Å². The molecular weight excluding hydrogens is 321 g/mol. The molecule has 1 aromatic rings. The van der Waals surface area contributed by atoms with Gasteiger partial charge in [0.2, 0.25) is 0 Å². The van der Waals surface area contributed by atoms with E-state index in [2.05, 4.69) is 10.6 Å². The lowest BCUT2D eigenvalue weighted by Crippen LogP contribution is -2.48. The maximum atomic E-state index is 12.8. The zero-order valence-corrected chi connectivity index (χ0v) is 13.6. The van der Waals surface area contributed by atoms with Crippen molar-refractivity contribution >= 4 is 6.03 Å². The number of carbonyl (C=O) groups excluding carboxylic acids is 1.